The second-order valence-electron chi connectivity index (χ2n) is 6.10. The molecule has 4 nitrogen and oxygen atoms in total. The van der Waals surface area contributed by atoms with E-state index in [9.17, 15) is 9.18 Å². The first-order chi connectivity index (χ1) is 11.2. The van der Waals surface area contributed by atoms with Crippen LogP contribution in [0.2, 0.25) is 0 Å². The van der Waals surface area contributed by atoms with Gasteiger partial charge < -0.3 is 9.84 Å². The van der Waals surface area contributed by atoms with Crippen LogP contribution in [0.15, 0.2) is 35.1 Å². The highest BCUT2D eigenvalue weighted by Crippen LogP contribution is 2.23. The van der Waals surface area contributed by atoms with Crippen molar-refractivity contribution in [2.75, 3.05) is 0 Å². The molecule has 0 aliphatic heterocycles. The lowest BCUT2D eigenvalue weighted by atomic mass is 9.95. The van der Waals surface area contributed by atoms with Crippen molar-refractivity contribution in [1.82, 2.24) is 10.5 Å². The number of halogens is 1. The minimum atomic E-state index is -0.286. The predicted molar refractivity (Wildman–Crippen MR) is 85.2 cm³/mol. The van der Waals surface area contributed by atoms with Crippen molar-refractivity contribution < 1.29 is 13.7 Å². The molecule has 122 valence electrons. The number of nitrogens with zero attached hydrogens (tertiary/aromatic N) is 1. The van der Waals surface area contributed by atoms with Crippen molar-refractivity contribution in [2.45, 2.75) is 51.0 Å². The molecule has 1 heterocycles. The normalized spacial score (nSPS) is 15.5. The average molecular weight is 316 g/mol. The minimum absolute atomic E-state index is 0.0724. The van der Waals surface area contributed by atoms with Crippen molar-refractivity contribution in [3.63, 3.8) is 0 Å². The molecule has 0 saturated heterocycles. The maximum absolute atomic E-state index is 13.0. The van der Waals surface area contributed by atoms with E-state index in [0.717, 1.165) is 24.0 Å². The van der Waals surface area contributed by atoms with E-state index < -0.39 is 0 Å². The van der Waals surface area contributed by atoms with Gasteiger partial charge in [-0.3, -0.25) is 4.79 Å². The van der Waals surface area contributed by atoms with Crippen LogP contribution in [0.5, 0.6) is 0 Å². The molecule has 3 rings (SSSR count). The van der Waals surface area contributed by atoms with Crippen LogP contribution in [0.4, 0.5) is 4.39 Å². The first-order valence-electron chi connectivity index (χ1n) is 8.21. The Kier molecular flexibility index (Phi) is 5.05. The summed E-state index contributed by atoms with van der Waals surface area (Å²) in [5.74, 6) is -0.214. The molecule has 2 aromatic rings. The molecule has 1 saturated carbocycles. The van der Waals surface area contributed by atoms with E-state index in [1.165, 1.54) is 31.4 Å². The Balaban J connectivity index is 1.57. The van der Waals surface area contributed by atoms with Crippen molar-refractivity contribution in [3.8, 4) is 11.3 Å². The molecule has 1 aliphatic rings. The van der Waals surface area contributed by atoms with Crippen LogP contribution < -0.4 is 5.32 Å². The molecule has 0 spiro atoms. The number of hydrogen-bond donors (Lipinski definition) is 1. The van der Waals surface area contributed by atoms with E-state index in [1.807, 2.05) is 0 Å². The molecule has 1 aromatic carbocycles. The molecular formula is C18H21FN2O2. The van der Waals surface area contributed by atoms with E-state index in [1.54, 1.807) is 18.4 Å². The van der Waals surface area contributed by atoms with Crippen molar-refractivity contribution in [1.29, 1.82) is 0 Å². The summed E-state index contributed by atoms with van der Waals surface area (Å²) in [6.45, 7) is 0. The van der Waals surface area contributed by atoms with Crippen LogP contribution in [0, 0.1) is 5.82 Å². The van der Waals surface area contributed by atoms with Crippen LogP contribution in [0.25, 0.3) is 11.3 Å². The van der Waals surface area contributed by atoms with E-state index in [-0.39, 0.29) is 11.7 Å². The number of amides is 1. The highest BCUT2D eigenvalue weighted by atomic mass is 19.1. The number of aromatic nitrogens is 1. The van der Waals surface area contributed by atoms with E-state index in [0.29, 0.717) is 24.6 Å². The number of aryl methyl sites for hydroxylation is 1. The molecule has 1 aromatic heterocycles. The summed E-state index contributed by atoms with van der Waals surface area (Å²) in [4.78, 5) is 12.1. The summed E-state index contributed by atoms with van der Waals surface area (Å²) in [6.07, 6.45) is 8.37. The molecule has 5 heteroatoms. The largest absolute Gasteiger partial charge is 0.364 e. The van der Waals surface area contributed by atoms with Crippen LogP contribution in [-0.4, -0.2) is 17.1 Å². The highest BCUT2D eigenvalue weighted by Gasteiger charge is 2.17. The molecule has 0 radical (unpaired) electrons. The Morgan fingerprint density at radius 2 is 1.96 bits per heavy atom. The maximum Gasteiger partial charge on any atom is 0.220 e. The Hall–Kier alpha value is -2.17. The van der Waals surface area contributed by atoms with Gasteiger partial charge in [-0.05, 0) is 43.5 Å². The van der Waals surface area contributed by atoms with Crippen LogP contribution in [-0.2, 0) is 11.2 Å². The molecule has 1 N–H and O–H groups in total. The summed E-state index contributed by atoms with van der Waals surface area (Å²) in [7, 11) is 0. The lowest BCUT2D eigenvalue weighted by molar-refractivity contribution is -0.121. The third kappa shape index (κ3) is 4.18. The van der Waals surface area contributed by atoms with Gasteiger partial charge in [0.2, 0.25) is 5.91 Å². The van der Waals surface area contributed by atoms with Gasteiger partial charge >= 0.3 is 0 Å². The average Bonchev–Trinajstić information content (AvgIpc) is 3.03. The Morgan fingerprint density at radius 1 is 1.22 bits per heavy atom. The molecule has 0 bridgehead atoms. The van der Waals surface area contributed by atoms with Gasteiger partial charge in [0.1, 0.15) is 17.8 Å². The number of carbonyl (C=O) groups excluding carboxylic acids is 1. The molecule has 0 atom stereocenters. The zero-order valence-corrected chi connectivity index (χ0v) is 13.1. The Bertz CT molecular complexity index is 645. The third-order valence-corrected chi connectivity index (χ3v) is 4.35. The van der Waals surface area contributed by atoms with Gasteiger partial charge in [0.15, 0.2) is 0 Å². The quantitative estimate of drug-likeness (QED) is 0.911. The molecule has 1 fully saturated rings. The van der Waals surface area contributed by atoms with Crippen molar-refractivity contribution in [3.05, 3.63) is 41.9 Å². The molecule has 1 aliphatic carbocycles. The maximum atomic E-state index is 13.0. The number of hydrogen-bond acceptors (Lipinski definition) is 3. The Labute approximate surface area is 135 Å². The van der Waals surface area contributed by atoms with E-state index >= 15 is 0 Å². The van der Waals surface area contributed by atoms with Crippen LogP contribution in [0.3, 0.4) is 0 Å². The number of rotatable bonds is 5. The van der Waals surface area contributed by atoms with Crippen LogP contribution in [0.1, 0.15) is 44.1 Å². The van der Waals surface area contributed by atoms with E-state index in [4.69, 9.17) is 4.52 Å². The molecule has 0 unspecified atom stereocenters. The lowest BCUT2D eigenvalue weighted by Crippen LogP contribution is -2.36. The summed E-state index contributed by atoms with van der Waals surface area (Å²) >= 11 is 0. The fourth-order valence-electron chi connectivity index (χ4n) is 3.08. The smallest absolute Gasteiger partial charge is 0.220 e. The van der Waals surface area contributed by atoms with Crippen LogP contribution >= 0.6 is 0 Å². The van der Waals surface area contributed by atoms with Crippen molar-refractivity contribution >= 4 is 5.91 Å². The highest BCUT2D eigenvalue weighted by molar-refractivity contribution is 5.77. The molecule has 23 heavy (non-hydrogen) atoms. The lowest BCUT2D eigenvalue weighted by Gasteiger charge is -2.22. The van der Waals surface area contributed by atoms with Gasteiger partial charge in [-0.1, -0.05) is 24.4 Å². The summed E-state index contributed by atoms with van der Waals surface area (Å²) in [5.41, 5.74) is 2.34. The fraction of sp³-hybridized carbons (Fsp3) is 0.444. The standard InChI is InChI=1S/C18H21FN2O2/c19-15-9-6-13(7-10-15)18-14(12-23-21-18)8-11-17(22)20-16-4-2-1-3-5-16/h6-7,9-10,12,16H,1-5,8,11H2,(H,20,22). The second-order valence-corrected chi connectivity index (χ2v) is 6.10. The first-order valence-corrected chi connectivity index (χ1v) is 8.21. The SMILES string of the molecule is O=C(CCc1conc1-c1ccc(F)cc1)NC1CCCCC1. The minimum Gasteiger partial charge on any atom is -0.364 e. The topological polar surface area (TPSA) is 55.1 Å². The van der Waals surface area contributed by atoms with Gasteiger partial charge in [-0.15, -0.1) is 0 Å². The zero-order chi connectivity index (χ0) is 16.1. The van der Waals surface area contributed by atoms with Gasteiger partial charge in [0, 0.05) is 23.6 Å². The third-order valence-electron chi connectivity index (χ3n) is 4.35. The Morgan fingerprint density at radius 3 is 2.70 bits per heavy atom. The summed E-state index contributed by atoms with van der Waals surface area (Å²) in [5, 5.41) is 7.09. The molecule has 1 amide bonds. The van der Waals surface area contributed by atoms with E-state index in [2.05, 4.69) is 10.5 Å². The number of benzene rings is 1. The molecular weight excluding hydrogens is 295 g/mol. The van der Waals surface area contributed by atoms with Gasteiger partial charge in [0.25, 0.3) is 0 Å². The second kappa shape index (κ2) is 7.40. The zero-order valence-electron chi connectivity index (χ0n) is 13.1. The fourth-order valence-corrected chi connectivity index (χ4v) is 3.08. The summed E-state index contributed by atoms with van der Waals surface area (Å²) < 4.78 is 18.0. The van der Waals surface area contributed by atoms with Gasteiger partial charge in [0.05, 0.1) is 0 Å². The predicted octanol–water partition coefficient (Wildman–Crippen LogP) is 3.86. The van der Waals surface area contributed by atoms with Crippen molar-refractivity contribution in [2.24, 2.45) is 0 Å². The number of carbonyl (C=O) groups is 1. The monoisotopic (exact) mass is 316 g/mol. The first kappa shape index (κ1) is 15.7. The summed E-state index contributed by atoms with van der Waals surface area (Å²) in [6, 6.07) is 6.44. The van der Waals surface area contributed by atoms with Gasteiger partial charge in [-0.25, -0.2) is 4.39 Å². The van der Waals surface area contributed by atoms with Gasteiger partial charge in [-0.2, -0.15) is 0 Å². The number of nitrogens with one attached hydrogen (secondary N) is 1.